The number of aryl methyl sites for hydroxylation is 1. The van der Waals surface area contributed by atoms with Gasteiger partial charge in [0.05, 0.1) is 0 Å². The molecular weight excluding hydrogens is 208 g/mol. The lowest BCUT2D eigenvalue weighted by Gasteiger charge is -2.28. The molecule has 1 heterocycles. The van der Waals surface area contributed by atoms with E-state index < -0.39 is 0 Å². The molecule has 0 radical (unpaired) electrons. The van der Waals surface area contributed by atoms with Crippen LogP contribution in [0.3, 0.4) is 0 Å². The summed E-state index contributed by atoms with van der Waals surface area (Å²) in [6.45, 7) is 12.5. The van der Waals surface area contributed by atoms with Crippen LogP contribution < -0.4 is 5.32 Å². The van der Waals surface area contributed by atoms with E-state index in [-0.39, 0.29) is 0 Å². The van der Waals surface area contributed by atoms with Crippen LogP contribution in [0.2, 0.25) is 0 Å². The van der Waals surface area contributed by atoms with Gasteiger partial charge in [-0.1, -0.05) is 32.0 Å². The highest BCUT2D eigenvalue weighted by Gasteiger charge is 2.11. The molecule has 1 aromatic carbocycles. The van der Waals surface area contributed by atoms with E-state index >= 15 is 0 Å². The minimum Gasteiger partial charge on any atom is -0.314 e. The number of nitrogens with zero attached hydrogens (tertiary/aromatic N) is 1. The van der Waals surface area contributed by atoms with Gasteiger partial charge in [0.2, 0.25) is 0 Å². The molecule has 2 nitrogen and oxygen atoms in total. The van der Waals surface area contributed by atoms with Crippen LogP contribution in [0.5, 0.6) is 0 Å². The molecular formula is C15H24N2. The highest BCUT2D eigenvalue weighted by atomic mass is 15.2. The highest BCUT2D eigenvalue weighted by Crippen LogP contribution is 2.19. The van der Waals surface area contributed by atoms with E-state index in [9.17, 15) is 0 Å². The van der Waals surface area contributed by atoms with Gasteiger partial charge in [-0.3, -0.25) is 4.90 Å². The van der Waals surface area contributed by atoms with E-state index in [0.29, 0.717) is 5.92 Å². The summed E-state index contributed by atoms with van der Waals surface area (Å²) in [6, 6.07) is 6.95. The molecule has 1 N–H and O–H groups in total. The summed E-state index contributed by atoms with van der Waals surface area (Å²) in [5, 5.41) is 3.40. The molecule has 17 heavy (non-hydrogen) atoms. The molecule has 1 aromatic rings. The Kier molecular flexibility index (Phi) is 4.19. The SMILES string of the molecule is Cc1cc(C(C)C)ccc1CN1CCNCC1. The molecule has 1 fully saturated rings. The third kappa shape index (κ3) is 3.30. The maximum Gasteiger partial charge on any atom is 0.0237 e. The molecule has 94 valence electrons. The first-order valence-corrected chi connectivity index (χ1v) is 6.69. The quantitative estimate of drug-likeness (QED) is 0.861. The molecule has 0 amide bonds. The molecule has 0 aliphatic carbocycles. The molecule has 0 spiro atoms. The van der Waals surface area contributed by atoms with Crippen molar-refractivity contribution in [3.63, 3.8) is 0 Å². The Morgan fingerprint density at radius 3 is 2.53 bits per heavy atom. The van der Waals surface area contributed by atoms with Gasteiger partial charge in [-0.15, -0.1) is 0 Å². The summed E-state index contributed by atoms with van der Waals surface area (Å²) >= 11 is 0. The number of nitrogens with one attached hydrogen (secondary N) is 1. The molecule has 1 saturated heterocycles. The van der Waals surface area contributed by atoms with Crippen LogP contribution in [0.4, 0.5) is 0 Å². The zero-order chi connectivity index (χ0) is 12.3. The maximum atomic E-state index is 3.40. The smallest absolute Gasteiger partial charge is 0.0237 e. The van der Waals surface area contributed by atoms with E-state index in [1.807, 2.05) is 0 Å². The predicted molar refractivity (Wildman–Crippen MR) is 73.4 cm³/mol. The van der Waals surface area contributed by atoms with E-state index in [1.54, 1.807) is 0 Å². The zero-order valence-corrected chi connectivity index (χ0v) is 11.3. The van der Waals surface area contributed by atoms with Crippen LogP contribution in [0.25, 0.3) is 0 Å². The minimum atomic E-state index is 0.627. The highest BCUT2D eigenvalue weighted by molar-refractivity contribution is 5.32. The van der Waals surface area contributed by atoms with Crippen molar-refractivity contribution in [3.8, 4) is 0 Å². The van der Waals surface area contributed by atoms with Crippen molar-refractivity contribution in [3.05, 3.63) is 34.9 Å². The number of benzene rings is 1. The van der Waals surface area contributed by atoms with Gasteiger partial charge in [0, 0.05) is 32.7 Å². The number of hydrogen-bond acceptors (Lipinski definition) is 2. The van der Waals surface area contributed by atoms with Crippen LogP contribution in [-0.4, -0.2) is 31.1 Å². The van der Waals surface area contributed by atoms with Crippen molar-refractivity contribution in [2.24, 2.45) is 0 Å². The monoisotopic (exact) mass is 232 g/mol. The Balaban J connectivity index is 2.05. The summed E-state index contributed by atoms with van der Waals surface area (Å²) in [5.41, 5.74) is 4.37. The van der Waals surface area contributed by atoms with Crippen molar-refractivity contribution in [1.82, 2.24) is 10.2 Å². The van der Waals surface area contributed by atoms with Crippen molar-refractivity contribution in [2.45, 2.75) is 33.2 Å². The summed E-state index contributed by atoms with van der Waals surface area (Å²) < 4.78 is 0. The van der Waals surface area contributed by atoms with Crippen molar-refractivity contribution >= 4 is 0 Å². The second kappa shape index (κ2) is 5.65. The summed E-state index contributed by atoms with van der Waals surface area (Å²) in [5.74, 6) is 0.627. The Hall–Kier alpha value is -0.860. The fourth-order valence-electron chi connectivity index (χ4n) is 2.37. The second-order valence-corrected chi connectivity index (χ2v) is 5.37. The molecule has 0 saturated carbocycles. The normalized spacial score (nSPS) is 17.6. The van der Waals surface area contributed by atoms with Crippen molar-refractivity contribution in [2.75, 3.05) is 26.2 Å². The number of rotatable bonds is 3. The van der Waals surface area contributed by atoms with E-state index in [0.717, 1.165) is 19.6 Å². The molecule has 2 heteroatoms. The lowest BCUT2D eigenvalue weighted by atomic mass is 9.98. The Morgan fingerprint density at radius 2 is 1.94 bits per heavy atom. The fraction of sp³-hybridized carbons (Fsp3) is 0.600. The second-order valence-electron chi connectivity index (χ2n) is 5.37. The van der Waals surface area contributed by atoms with Crippen molar-refractivity contribution < 1.29 is 0 Å². The average molecular weight is 232 g/mol. The van der Waals surface area contributed by atoms with Crippen LogP contribution >= 0.6 is 0 Å². The lowest BCUT2D eigenvalue weighted by molar-refractivity contribution is 0.233. The molecule has 1 aliphatic rings. The van der Waals surface area contributed by atoms with Gasteiger partial charge in [0.1, 0.15) is 0 Å². The van der Waals surface area contributed by atoms with Gasteiger partial charge in [-0.05, 0) is 29.5 Å². The maximum absolute atomic E-state index is 3.40. The average Bonchev–Trinajstić information content (AvgIpc) is 2.33. The van der Waals surface area contributed by atoms with Crippen LogP contribution in [0, 0.1) is 6.92 Å². The molecule has 1 aliphatic heterocycles. The fourth-order valence-corrected chi connectivity index (χ4v) is 2.37. The van der Waals surface area contributed by atoms with Crippen LogP contribution in [0.15, 0.2) is 18.2 Å². The molecule has 0 bridgehead atoms. The molecule has 0 unspecified atom stereocenters. The molecule has 0 aromatic heterocycles. The van der Waals surface area contributed by atoms with Crippen LogP contribution in [0.1, 0.15) is 36.5 Å². The van der Waals surface area contributed by atoms with Gasteiger partial charge >= 0.3 is 0 Å². The van der Waals surface area contributed by atoms with Gasteiger partial charge in [-0.25, -0.2) is 0 Å². The lowest BCUT2D eigenvalue weighted by Crippen LogP contribution is -2.42. The van der Waals surface area contributed by atoms with Crippen molar-refractivity contribution in [1.29, 1.82) is 0 Å². The first-order valence-electron chi connectivity index (χ1n) is 6.69. The summed E-state index contributed by atoms with van der Waals surface area (Å²) in [4.78, 5) is 2.54. The number of hydrogen-bond donors (Lipinski definition) is 1. The van der Waals surface area contributed by atoms with Gasteiger partial charge in [-0.2, -0.15) is 0 Å². The first kappa shape index (κ1) is 12.6. The summed E-state index contributed by atoms with van der Waals surface area (Å²) in [6.07, 6.45) is 0. The third-order valence-corrected chi connectivity index (χ3v) is 3.64. The Labute approximate surface area is 105 Å². The third-order valence-electron chi connectivity index (χ3n) is 3.64. The molecule has 0 atom stereocenters. The first-order chi connectivity index (χ1) is 8.16. The topological polar surface area (TPSA) is 15.3 Å². The standard InChI is InChI=1S/C15H24N2/c1-12(2)14-4-5-15(13(3)10-14)11-17-8-6-16-7-9-17/h4-5,10,12,16H,6-9,11H2,1-3H3. The Morgan fingerprint density at radius 1 is 1.24 bits per heavy atom. The zero-order valence-electron chi connectivity index (χ0n) is 11.3. The van der Waals surface area contributed by atoms with E-state index in [2.05, 4.69) is 49.2 Å². The van der Waals surface area contributed by atoms with E-state index in [1.165, 1.54) is 29.8 Å². The van der Waals surface area contributed by atoms with Crippen LogP contribution in [-0.2, 0) is 6.54 Å². The largest absolute Gasteiger partial charge is 0.314 e. The number of piperazine rings is 1. The molecule has 2 rings (SSSR count). The van der Waals surface area contributed by atoms with Gasteiger partial charge < -0.3 is 5.32 Å². The van der Waals surface area contributed by atoms with Gasteiger partial charge in [0.15, 0.2) is 0 Å². The van der Waals surface area contributed by atoms with E-state index in [4.69, 9.17) is 0 Å². The Bertz CT molecular complexity index is 365. The van der Waals surface area contributed by atoms with Gasteiger partial charge in [0.25, 0.3) is 0 Å². The minimum absolute atomic E-state index is 0.627. The predicted octanol–water partition coefficient (Wildman–Crippen LogP) is 2.52. The summed E-state index contributed by atoms with van der Waals surface area (Å²) in [7, 11) is 0.